The van der Waals surface area contributed by atoms with Crippen LogP contribution in [0.1, 0.15) is 61.9 Å². The van der Waals surface area contributed by atoms with Crippen LogP contribution in [-0.4, -0.2) is 59.2 Å². The Kier molecular flexibility index (Phi) is 10.3. The van der Waals surface area contributed by atoms with Gasteiger partial charge in [-0.25, -0.2) is 9.37 Å². The summed E-state index contributed by atoms with van der Waals surface area (Å²) in [7, 11) is 0. The molecule has 1 aromatic heterocycles. The molecule has 4 aromatic rings. The van der Waals surface area contributed by atoms with E-state index in [-0.39, 0.29) is 30.3 Å². The number of hydrogen-bond donors (Lipinski definition) is 3. The molecule has 2 heterocycles. The lowest BCUT2D eigenvalue weighted by molar-refractivity contribution is -0.123. The fourth-order valence-corrected chi connectivity index (χ4v) is 5.87. The van der Waals surface area contributed by atoms with Crippen molar-refractivity contribution in [3.05, 3.63) is 123 Å². The zero-order valence-electron chi connectivity index (χ0n) is 24.8. The minimum Gasteiger partial charge on any atom is -0.355 e. The molecule has 0 fully saturated rings. The van der Waals surface area contributed by atoms with Crippen molar-refractivity contribution in [3.8, 4) is 0 Å². The van der Waals surface area contributed by atoms with Crippen molar-refractivity contribution in [3.63, 3.8) is 0 Å². The third kappa shape index (κ3) is 8.39. The van der Waals surface area contributed by atoms with Gasteiger partial charge in [0, 0.05) is 24.9 Å². The van der Waals surface area contributed by atoms with Crippen LogP contribution in [0.2, 0.25) is 0 Å². The van der Waals surface area contributed by atoms with E-state index in [9.17, 15) is 23.6 Å². The number of thiazole rings is 1. The Morgan fingerprint density at radius 2 is 1.73 bits per heavy atom. The van der Waals surface area contributed by atoms with Crippen LogP contribution in [-0.2, 0) is 22.4 Å². The molecular weight excluding hydrogens is 593 g/mol. The summed E-state index contributed by atoms with van der Waals surface area (Å²) in [6, 6.07) is 21.4. The van der Waals surface area contributed by atoms with Crippen LogP contribution >= 0.6 is 11.3 Å². The number of aryl methyl sites for hydroxylation is 1. The van der Waals surface area contributed by atoms with Gasteiger partial charge < -0.3 is 20.9 Å². The number of hydrogen-bond acceptors (Lipinski definition) is 6. The summed E-state index contributed by atoms with van der Waals surface area (Å²) in [6.07, 6.45) is 1.58. The van der Waals surface area contributed by atoms with Crippen LogP contribution in [0.3, 0.4) is 0 Å². The Bertz CT molecular complexity index is 1660. The molecule has 0 radical (unpaired) electrons. The minimum absolute atomic E-state index is 0.0381. The van der Waals surface area contributed by atoms with Crippen molar-refractivity contribution in [1.29, 1.82) is 0 Å². The van der Waals surface area contributed by atoms with Gasteiger partial charge in [-0.1, -0.05) is 66.7 Å². The SMILES string of the molecule is C[C@H]1NC(=O)c2cc(ccc2F)CCCNC(=O)CN(C(=O)c2csc(Cc3ccccc3)n2)C[C@H](c2ccccc2)NC1=O. The lowest BCUT2D eigenvalue weighted by atomic mass is 10.0. The van der Waals surface area contributed by atoms with E-state index in [0.717, 1.165) is 10.6 Å². The van der Waals surface area contributed by atoms with Gasteiger partial charge in [0.25, 0.3) is 11.8 Å². The highest BCUT2D eigenvalue weighted by Crippen LogP contribution is 2.20. The molecule has 2 bridgehead atoms. The molecule has 232 valence electrons. The highest BCUT2D eigenvalue weighted by atomic mass is 32.1. The molecule has 2 atom stereocenters. The van der Waals surface area contributed by atoms with Gasteiger partial charge in [0.05, 0.1) is 23.2 Å². The number of nitrogens with zero attached hydrogens (tertiary/aromatic N) is 2. The monoisotopic (exact) mass is 627 g/mol. The summed E-state index contributed by atoms with van der Waals surface area (Å²) in [5, 5.41) is 10.8. The third-order valence-electron chi connectivity index (χ3n) is 7.49. The maximum Gasteiger partial charge on any atom is 0.273 e. The van der Waals surface area contributed by atoms with E-state index in [1.165, 1.54) is 35.3 Å². The first-order chi connectivity index (χ1) is 21.8. The molecule has 1 aliphatic rings. The lowest BCUT2D eigenvalue weighted by Crippen LogP contribution is -2.49. The number of fused-ring (bicyclic) bond motifs is 2. The van der Waals surface area contributed by atoms with Gasteiger partial charge in [-0.2, -0.15) is 0 Å². The van der Waals surface area contributed by atoms with Crippen LogP contribution in [0, 0.1) is 5.82 Å². The Balaban J connectivity index is 1.43. The predicted octanol–water partition coefficient (Wildman–Crippen LogP) is 4.05. The zero-order chi connectivity index (χ0) is 31.8. The second-order valence-electron chi connectivity index (χ2n) is 10.9. The van der Waals surface area contributed by atoms with Gasteiger partial charge in [-0.05, 0) is 48.6 Å². The van der Waals surface area contributed by atoms with Crippen LogP contribution < -0.4 is 16.0 Å². The molecule has 0 spiro atoms. The molecule has 11 heteroatoms. The van der Waals surface area contributed by atoms with Crippen molar-refractivity contribution in [2.24, 2.45) is 0 Å². The lowest BCUT2D eigenvalue weighted by Gasteiger charge is -2.29. The molecule has 0 saturated carbocycles. The molecule has 4 amide bonds. The van der Waals surface area contributed by atoms with Crippen molar-refractivity contribution in [1.82, 2.24) is 25.8 Å². The quantitative estimate of drug-likeness (QED) is 0.315. The minimum atomic E-state index is -1.02. The fourth-order valence-electron chi connectivity index (χ4n) is 5.07. The van der Waals surface area contributed by atoms with Gasteiger partial charge in [-0.3, -0.25) is 19.2 Å². The van der Waals surface area contributed by atoms with E-state index >= 15 is 0 Å². The normalized spacial score (nSPS) is 18.4. The molecule has 3 aromatic carbocycles. The average Bonchev–Trinajstić information content (AvgIpc) is 3.51. The highest BCUT2D eigenvalue weighted by Gasteiger charge is 2.28. The summed E-state index contributed by atoms with van der Waals surface area (Å²) in [5.74, 6) is -2.75. The van der Waals surface area contributed by atoms with Crippen molar-refractivity contribution in [2.75, 3.05) is 19.6 Å². The highest BCUT2D eigenvalue weighted by molar-refractivity contribution is 7.09. The topological polar surface area (TPSA) is 120 Å². The summed E-state index contributed by atoms with van der Waals surface area (Å²) in [4.78, 5) is 59.3. The molecule has 1 aliphatic heterocycles. The molecule has 45 heavy (non-hydrogen) atoms. The largest absolute Gasteiger partial charge is 0.355 e. The Morgan fingerprint density at radius 1 is 1.00 bits per heavy atom. The molecular formula is C34H34FN5O4S. The summed E-state index contributed by atoms with van der Waals surface area (Å²) in [6.45, 7) is 1.53. The van der Waals surface area contributed by atoms with Crippen LogP contribution in [0.5, 0.6) is 0 Å². The first kappa shape index (κ1) is 31.5. The van der Waals surface area contributed by atoms with Gasteiger partial charge in [0.2, 0.25) is 11.8 Å². The number of amides is 4. The number of aromatic nitrogens is 1. The fraction of sp³-hybridized carbons (Fsp3) is 0.265. The third-order valence-corrected chi connectivity index (χ3v) is 8.34. The van der Waals surface area contributed by atoms with E-state index in [0.29, 0.717) is 36.9 Å². The second kappa shape index (κ2) is 14.7. The molecule has 9 nitrogen and oxygen atoms in total. The van der Waals surface area contributed by atoms with E-state index in [1.54, 1.807) is 35.7 Å². The van der Waals surface area contributed by atoms with Crippen LogP contribution in [0.4, 0.5) is 4.39 Å². The van der Waals surface area contributed by atoms with Crippen LogP contribution in [0.15, 0.2) is 84.2 Å². The molecule has 0 unspecified atom stereocenters. The first-order valence-electron chi connectivity index (χ1n) is 14.8. The number of carbonyl (C=O) groups is 4. The second-order valence-corrected chi connectivity index (χ2v) is 11.9. The molecule has 0 aliphatic carbocycles. The number of rotatable bonds is 4. The van der Waals surface area contributed by atoms with Gasteiger partial charge in [0.15, 0.2) is 0 Å². The smallest absolute Gasteiger partial charge is 0.273 e. The number of carbonyl (C=O) groups excluding carboxylic acids is 4. The summed E-state index contributed by atoms with van der Waals surface area (Å²) < 4.78 is 14.6. The molecule has 5 rings (SSSR count). The number of halogens is 1. The van der Waals surface area contributed by atoms with Crippen molar-refractivity contribution in [2.45, 2.75) is 38.3 Å². The summed E-state index contributed by atoms with van der Waals surface area (Å²) in [5.41, 5.74) is 2.53. The molecule has 3 N–H and O–H groups in total. The first-order valence-corrected chi connectivity index (χ1v) is 15.6. The van der Waals surface area contributed by atoms with E-state index in [4.69, 9.17) is 0 Å². The van der Waals surface area contributed by atoms with Gasteiger partial charge >= 0.3 is 0 Å². The van der Waals surface area contributed by atoms with Gasteiger partial charge in [-0.15, -0.1) is 11.3 Å². The van der Waals surface area contributed by atoms with Crippen LogP contribution in [0.25, 0.3) is 0 Å². The predicted molar refractivity (Wildman–Crippen MR) is 169 cm³/mol. The zero-order valence-corrected chi connectivity index (χ0v) is 25.6. The van der Waals surface area contributed by atoms with E-state index < -0.39 is 35.6 Å². The van der Waals surface area contributed by atoms with Crippen molar-refractivity contribution >= 4 is 35.0 Å². The number of nitrogens with one attached hydrogen (secondary N) is 3. The van der Waals surface area contributed by atoms with Gasteiger partial charge in [0.1, 0.15) is 17.6 Å². The molecule has 0 saturated heterocycles. The van der Waals surface area contributed by atoms with Crippen molar-refractivity contribution < 1.29 is 23.6 Å². The standard InChI is InChI=1S/C34H34FN5O4S/c1-22-32(42)39-28(25-12-6-3-7-13-25)19-40(34(44)29-21-45-31(38-29)18-23-9-4-2-5-10-23)20-30(41)36-16-8-11-24-14-15-27(35)26(17-24)33(43)37-22/h2-7,9-10,12-15,17,21-22,28H,8,11,16,18-20H2,1H3,(H,36,41)(H,37,43)(H,39,42)/t22-,28-/m1/s1. The Hall–Kier alpha value is -4.90. The summed E-state index contributed by atoms with van der Waals surface area (Å²) >= 11 is 1.37. The Labute approximate surface area is 264 Å². The van der Waals surface area contributed by atoms with E-state index in [1.807, 2.05) is 36.4 Å². The maximum atomic E-state index is 14.6. The van der Waals surface area contributed by atoms with E-state index in [2.05, 4.69) is 20.9 Å². The maximum absolute atomic E-state index is 14.6. The Morgan fingerprint density at radius 3 is 2.49 bits per heavy atom. The number of benzene rings is 3. The average molecular weight is 628 g/mol.